The normalized spacial score (nSPS) is 23.8. The summed E-state index contributed by atoms with van der Waals surface area (Å²) in [6.45, 7) is -0.186. The van der Waals surface area contributed by atoms with Crippen molar-refractivity contribution in [3.63, 3.8) is 0 Å². The van der Waals surface area contributed by atoms with E-state index in [2.05, 4.69) is 5.32 Å². The molecule has 1 aliphatic heterocycles. The van der Waals surface area contributed by atoms with Gasteiger partial charge in [-0.1, -0.05) is 12.8 Å². The summed E-state index contributed by atoms with van der Waals surface area (Å²) in [5.41, 5.74) is 0.671. The van der Waals surface area contributed by atoms with E-state index >= 15 is 0 Å². The Morgan fingerprint density at radius 2 is 1.70 bits per heavy atom. The van der Waals surface area contributed by atoms with E-state index in [1.165, 1.54) is 0 Å². The third-order valence-corrected chi connectivity index (χ3v) is 5.35. The molecule has 0 radical (unpaired) electrons. The first-order chi connectivity index (χ1) is 11.1. The summed E-state index contributed by atoms with van der Waals surface area (Å²) < 4.78 is 0. The Hall–Kier alpha value is -1.82. The van der Waals surface area contributed by atoms with E-state index in [-0.39, 0.29) is 36.1 Å². The van der Waals surface area contributed by atoms with Gasteiger partial charge in [-0.05, 0) is 43.4 Å². The van der Waals surface area contributed by atoms with Crippen molar-refractivity contribution >= 4 is 35.2 Å². The standard InChI is InChI=1S/C17H20N2O3S/c1-23-12-8-6-11(7-9-12)18-15(20)10-19-16(21)13-4-2-3-5-14(13)17(19)22/h6-9,13-14H,2-5,10H2,1H3,(H,18,20)/t13-,14-/m0/s1. The highest BCUT2D eigenvalue weighted by molar-refractivity contribution is 7.98. The van der Waals surface area contributed by atoms with E-state index < -0.39 is 0 Å². The van der Waals surface area contributed by atoms with Crippen molar-refractivity contribution in [2.24, 2.45) is 11.8 Å². The van der Waals surface area contributed by atoms with Crippen LogP contribution in [-0.2, 0) is 14.4 Å². The number of hydrogen-bond donors (Lipinski definition) is 1. The number of nitrogens with zero attached hydrogens (tertiary/aromatic N) is 1. The quantitative estimate of drug-likeness (QED) is 0.680. The lowest BCUT2D eigenvalue weighted by molar-refractivity contribution is -0.142. The number of nitrogens with one attached hydrogen (secondary N) is 1. The van der Waals surface area contributed by atoms with Gasteiger partial charge in [-0.3, -0.25) is 19.3 Å². The number of amides is 3. The van der Waals surface area contributed by atoms with Crippen LogP contribution >= 0.6 is 11.8 Å². The third kappa shape index (κ3) is 3.27. The monoisotopic (exact) mass is 332 g/mol. The Bertz CT molecular complexity index is 605. The number of likely N-dealkylation sites (tertiary alicyclic amines) is 1. The van der Waals surface area contributed by atoms with Gasteiger partial charge in [-0.2, -0.15) is 0 Å². The second-order valence-corrected chi connectivity index (χ2v) is 6.92. The fourth-order valence-corrected chi connectivity index (χ4v) is 3.81. The van der Waals surface area contributed by atoms with Crippen molar-refractivity contribution in [3.8, 4) is 0 Å². The molecule has 3 amide bonds. The average Bonchev–Trinajstić information content (AvgIpc) is 2.81. The third-order valence-electron chi connectivity index (χ3n) is 4.61. The summed E-state index contributed by atoms with van der Waals surface area (Å²) in [6, 6.07) is 7.47. The molecule has 1 N–H and O–H groups in total. The molecule has 1 heterocycles. The zero-order valence-electron chi connectivity index (χ0n) is 13.1. The van der Waals surface area contributed by atoms with Crippen molar-refractivity contribution < 1.29 is 14.4 Å². The maximum Gasteiger partial charge on any atom is 0.244 e. The predicted molar refractivity (Wildman–Crippen MR) is 89.0 cm³/mol. The van der Waals surface area contributed by atoms with E-state index in [4.69, 9.17) is 0 Å². The van der Waals surface area contributed by atoms with Crippen LogP contribution in [0.5, 0.6) is 0 Å². The Labute approximate surface area is 139 Å². The maximum atomic E-state index is 12.3. The number of carbonyl (C=O) groups excluding carboxylic acids is 3. The topological polar surface area (TPSA) is 66.5 Å². The predicted octanol–water partition coefficient (Wildman–Crippen LogP) is 2.52. The number of fused-ring (bicyclic) bond motifs is 1. The first-order valence-corrected chi connectivity index (χ1v) is 9.12. The molecular formula is C17H20N2O3S. The van der Waals surface area contributed by atoms with Crippen molar-refractivity contribution in [2.45, 2.75) is 30.6 Å². The molecule has 1 aromatic carbocycles. The molecule has 1 aliphatic carbocycles. The summed E-state index contributed by atoms with van der Waals surface area (Å²) in [4.78, 5) is 39.1. The van der Waals surface area contributed by atoms with E-state index in [0.717, 1.165) is 35.5 Å². The molecule has 2 aliphatic rings. The zero-order valence-corrected chi connectivity index (χ0v) is 13.9. The van der Waals surface area contributed by atoms with Crippen LogP contribution < -0.4 is 5.32 Å². The van der Waals surface area contributed by atoms with Crippen molar-refractivity contribution in [1.82, 2.24) is 4.90 Å². The largest absolute Gasteiger partial charge is 0.325 e. The molecule has 0 spiro atoms. The molecule has 5 nitrogen and oxygen atoms in total. The Morgan fingerprint density at radius 3 is 2.22 bits per heavy atom. The van der Waals surface area contributed by atoms with Gasteiger partial charge in [0.2, 0.25) is 17.7 Å². The first kappa shape index (κ1) is 16.1. The summed E-state index contributed by atoms with van der Waals surface area (Å²) in [7, 11) is 0. The van der Waals surface area contributed by atoms with Crippen molar-refractivity contribution in [2.75, 3.05) is 18.1 Å². The highest BCUT2D eigenvalue weighted by Crippen LogP contribution is 2.37. The van der Waals surface area contributed by atoms with Gasteiger partial charge >= 0.3 is 0 Å². The van der Waals surface area contributed by atoms with Gasteiger partial charge in [0.05, 0.1) is 11.8 Å². The SMILES string of the molecule is CSc1ccc(NC(=O)CN2C(=O)[C@H]3CCCC[C@@H]3C2=O)cc1. The molecular weight excluding hydrogens is 312 g/mol. The lowest BCUT2D eigenvalue weighted by Crippen LogP contribution is -2.38. The molecule has 0 unspecified atom stereocenters. The van der Waals surface area contributed by atoms with Gasteiger partial charge < -0.3 is 5.32 Å². The maximum absolute atomic E-state index is 12.3. The van der Waals surface area contributed by atoms with Crippen LogP contribution in [0.25, 0.3) is 0 Å². The molecule has 2 atom stereocenters. The van der Waals surface area contributed by atoms with Crippen molar-refractivity contribution in [1.29, 1.82) is 0 Å². The molecule has 1 saturated carbocycles. The van der Waals surface area contributed by atoms with Crippen LogP contribution in [0.3, 0.4) is 0 Å². The molecule has 122 valence electrons. The van der Waals surface area contributed by atoms with Gasteiger partial charge in [0.1, 0.15) is 6.54 Å². The lowest BCUT2D eigenvalue weighted by Gasteiger charge is -2.19. The first-order valence-electron chi connectivity index (χ1n) is 7.89. The Morgan fingerprint density at radius 1 is 1.13 bits per heavy atom. The second-order valence-electron chi connectivity index (χ2n) is 6.04. The average molecular weight is 332 g/mol. The van der Waals surface area contributed by atoms with E-state index in [9.17, 15) is 14.4 Å². The minimum absolute atomic E-state index is 0.174. The zero-order chi connectivity index (χ0) is 16.4. The van der Waals surface area contributed by atoms with E-state index in [0.29, 0.717) is 5.69 Å². The second kappa shape index (κ2) is 6.74. The minimum Gasteiger partial charge on any atom is -0.325 e. The van der Waals surface area contributed by atoms with Gasteiger partial charge in [-0.25, -0.2) is 0 Å². The number of benzene rings is 1. The molecule has 6 heteroatoms. The lowest BCUT2D eigenvalue weighted by atomic mass is 9.81. The fourth-order valence-electron chi connectivity index (χ4n) is 3.41. The van der Waals surface area contributed by atoms with Crippen LogP contribution in [0.1, 0.15) is 25.7 Å². The molecule has 3 rings (SSSR count). The Balaban J connectivity index is 1.63. The molecule has 1 aromatic rings. The summed E-state index contributed by atoms with van der Waals surface area (Å²) >= 11 is 1.62. The Kier molecular flexibility index (Phi) is 4.71. The van der Waals surface area contributed by atoms with Crippen LogP contribution in [0, 0.1) is 11.8 Å². The number of anilines is 1. The highest BCUT2D eigenvalue weighted by atomic mass is 32.2. The summed E-state index contributed by atoms with van der Waals surface area (Å²) in [5.74, 6) is -1.09. The van der Waals surface area contributed by atoms with E-state index in [1.54, 1.807) is 11.8 Å². The van der Waals surface area contributed by atoms with Crippen LogP contribution in [-0.4, -0.2) is 35.4 Å². The van der Waals surface area contributed by atoms with Gasteiger partial charge in [-0.15, -0.1) is 11.8 Å². The molecule has 0 bridgehead atoms. The number of hydrogen-bond acceptors (Lipinski definition) is 4. The smallest absolute Gasteiger partial charge is 0.244 e. The number of thioether (sulfide) groups is 1. The fraction of sp³-hybridized carbons (Fsp3) is 0.471. The molecule has 23 heavy (non-hydrogen) atoms. The number of carbonyl (C=O) groups is 3. The molecule has 0 aromatic heterocycles. The number of rotatable bonds is 4. The van der Waals surface area contributed by atoms with Crippen LogP contribution in [0.15, 0.2) is 29.2 Å². The highest BCUT2D eigenvalue weighted by Gasteiger charge is 2.48. The molecule has 2 fully saturated rings. The summed E-state index contributed by atoms with van der Waals surface area (Å²) in [6.07, 6.45) is 5.49. The van der Waals surface area contributed by atoms with Gasteiger partial charge in [0, 0.05) is 10.6 Å². The van der Waals surface area contributed by atoms with E-state index in [1.807, 2.05) is 30.5 Å². The van der Waals surface area contributed by atoms with Gasteiger partial charge in [0.15, 0.2) is 0 Å². The number of imide groups is 1. The van der Waals surface area contributed by atoms with Gasteiger partial charge in [0.25, 0.3) is 0 Å². The van der Waals surface area contributed by atoms with Crippen LogP contribution in [0.2, 0.25) is 0 Å². The van der Waals surface area contributed by atoms with Crippen LogP contribution in [0.4, 0.5) is 5.69 Å². The molecule has 1 saturated heterocycles. The minimum atomic E-state index is -0.331. The van der Waals surface area contributed by atoms with Crippen molar-refractivity contribution in [3.05, 3.63) is 24.3 Å². The summed E-state index contributed by atoms with van der Waals surface area (Å²) in [5, 5.41) is 2.75.